The number of aromatic carboxylic acids is 1. The van der Waals surface area contributed by atoms with Gasteiger partial charge in [0, 0.05) is 23.3 Å². The van der Waals surface area contributed by atoms with Gasteiger partial charge in [0.05, 0.1) is 48.4 Å². The highest BCUT2D eigenvalue weighted by Crippen LogP contribution is 2.45. The quantitative estimate of drug-likeness (QED) is 0.491. The molecule has 0 fully saturated rings. The summed E-state index contributed by atoms with van der Waals surface area (Å²) in [6, 6.07) is 7.50. The summed E-state index contributed by atoms with van der Waals surface area (Å²) in [7, 11) is 4.24. The first-order chi connectivity index (χ1) is 13.8. The van der Waals surface area contributed by atoms with Crippen LogP contribution in [-0.4, -0.2) is 42.3 Å². The third-order valence-corrected chi connectivity index (χ3v) is 4.53. The number of carbonyl (C=O) groups is 1. The van der Waals surface area contributed by atoms with Crippen molar-refractivity contribution in [3.8, 4) is 28.5 Å². The zero-order chi connectivity index (χ0) is 21.3. The minimum Gasteiger partial charge on any atom is -0.493 e. The third kappa shape index (κ3) is 3.38. The highest BCUT2D eigenvalue weighted by Gasteiger charge is 2.24. The number of aromatic nitrogens is 1. The Morgan fingerprint density at radius 3 is 2.31 bits per heavy atom. The number of pyridine rings is 1. The van der Waals surface area contributed by atoms with E-state index in [1.54, 1.807) is 19.1 Å². The van der Waals surface area contributed by atoms with Gasteiger partial charge in [-0.05, 0) is 13.0 Å². The van der Waals surface area contributed by atoms with Crippen molar-refractivity contribution in [2.24, 2.45) is 0 Å². The molecule has 3 rings (SSSR count). The number of fused-ring (bicyclic) bond motifs is 1. The summed E-state index contributed by atoms with van der Waals surface area (Å²) in [5.74, 6) is -0.475. The molecule has 0 amide bonds. The molecule has 1 N–H and O–H groups in total. The number of carboxylic acids is 1. The molecule has 0 bridgehead atoms. The second-order valence-electron chi connectivity index (χ2n) is 6.16. The van der Waals surface area contributed by atoms with Crippen LogP contribution in [0.15, 0.2) is 30.3 Å². The van der Waals surface area contributed by atoms with Crippen molar-refractivity contribution >= 4 is 22.6 Å². The minimum absolute atomic E-state index is 0.0776. The maximum Gasteiger partial charge on any atom is 0.336 e. The Labute approximate surface area is 165 Å². The van der Waals surface area contributed by atoms with Crippen LogP contribution < -0.4 is 14.2 Å². The number of hydrogen-bond donors (Lipinski definition) is 1. The molecule has 0 radical (unpaired) electrons. The molecule has 3 aromatic rings. The number of hydrogen-bond acceptors (Lipinski definition) is 7. The van der Waals surface area contributed by atoms with E-state index in [0.717, 1.165) is 0 Å². The summed E-state index contributed by atoms with van der Waals surface area (Å²) < 4.78 is 16.0. The predicted octanol–water partition coefficient (Wildman–Crippen LogP) is 3.84. The maximum atomic E-state index is 12.0. The lowest BCUT2D eigenvalue weighted by molar-refractivity contribution is -0.385. The number of aryl methyl sites for hydroxylation is 1. The first kappa shape index (κ1) is 19.9. The Balaban J connectivity index is 2.39. The summed E-state index contributed by atoms with van der Waals surface area (Å²) in [5, 5.41) is 21.3. The summed E-state index contributed by atoms with van der Waals surface area (Å²) in [4.78, 5) is 27.3. The molecule has 0 spiro atoms. The zero-order valence-corrected chi connectivity index (χ0v) is 16.2. The summed E-state index contributed by atoms with van der Waals surface area (Å²) >= 11 is 0. The monoisotopic (exact) mass is 398 g/mol. The molecule has 9 nitrogen and oxygen atoms in total. The van der Waals surface area contributed by atoms with Gasteiger partial charge in [0.1, 0.15) is 0 Å². The number of nitro benzene ring substituents is 1. The van der Waals surface area contributed by atoms with Gasteiger partial charge in [-0.15, -0.1) is 0 Å². The Hall–Kier alpha value is -3.88. The molecule has 9 heteroatoms. The number of rotatable bonds is 6. The van der Waals surface area contributed by atoms with E-state index in [1.807, 2.05) is 0 Å². The molecule has 2 aromatic carbocycles. The minimum atomic E-state index is -1.20. The van der Waals surface area contributed by atoms with Crippen LogP contribution in [0.4, 0.5) is 5.69 Å². The van der Waals surface area contributed by atoms with Gasteiger partial charge in [-0.25, -0.2) is 9.78 Å². The largest absolute Gasteiger partial charge is 0.493 e. The summed E-state index contributed by atoms with van der Waals surface area (Å²) in [6.07, 6.45) is 0. The first-order valence-electron chi connectivity index (χ1n) is 8.44. The molecular formula is C20H18N2O7. The highest BCUT2D eigenvalue weighted by molar-refractivity contribution is 6.08. The van der Waals surface area contributed by atoms with E-state index < -0.39 is 10.9 Å². The molecule has 1 aromatic heterocycles. The molecule has 0 saturated heterocycles. The Morgan fingerprint density at radius 1 is 1.07 bits per heavy atom. The van der Waals surface area contributed by atoms with Crippen molar-refractivity contribution in [1.29, 1.82) is 0 Å². The predicted molar refractivity (Wildman–Crippen MR) is 105 cm³/mol. The van der Waals surface area contributed by atoms with E-state index in [2.05, 4.69) is 4.98 Å². The van der Waals surface area contributed by atoms with Crippen molar-refractivity contribution < 1.29 is 29.0 Å². The van der Waals surface area contributed by atoms with Crippen LogP contribution in [0.5, 0.6) is 17.2 Å². The average Bonchev–Trinajstić information content (AvgIpc) is 2.71. The fourth-order valence-corrected chi connectivity index (χ4v) is 3.14. The van der Waals surface area contributed by atoms with Crippen LogP contribution in [0.25, 0.3) is 22.2 Å². The molecule has 150 valence electrons. The van der Waals surface area contributed by atoms with E-state index in [-0.39, 0.29) is 39.3 Å². The Morgan fingerprint density at radius 2 is 1.76 bits per heavy atom. The van der Waals surface area contributed by atoms with Gasteiger partial charge in [0.15, 0.2) is 11.5 Å². The second-order valence-corrected chi connectivity index (χ2v) is 6.16. The molecule has 0 unspecified atom stereocenters. The van der Waals surface area contributed by atoms with Crippen LogP contribution >= 0.6 is 0 Å². The van der Waals surface area contributed by atoms with E-state index in [1.165, 1.54) is 39.5 Å². The van der Waals surface area contributed by atoms with Crippen molar-refractivity contribution in [3.05, 3.63) is 51.6 Å². The highest BCUT2D eigenvalue weighted by atomic mass is 16.6. The van der Waals surface area contributed by atoms with Crippen molar-refractivity contribution in [1.82, 2.24) is 4.98 Å². The third-order valence-electron chi connectivity index (χ3n) is 4.53. The molecule has 29 heavy (non-hydrogen) atoms. The van der Waals surface area contributed by atoms with E-state index >= 15 is 0 Å². The zero-order valence-electron chi connectivity index (χ0n) is 16.2. The van der Waals surface area contributed by atoms with Gasteiger partial charge < -0.3 is 19.3 Å². The second kappa shape index (κ2) is 7.63. The molecular weight excluding hydrogens is 380 g/mol. The van der Waals surface area contributed by atoms with Gasteiger partial charge >= 0.3 is 5.97 Å². The Bertz CT molecular complexity index is 1140. The number of carboxylic acid groups (broad SMARTS) is 1. The molecule has 0 saturated carbocycles. The lowest BCUT2D eigenvalue weighted by Gasteiger charge is -2.16. The van der Waals surface area contributed by atoms with Gasteiger partial charge in [0.25, 0.3) is 5.69 Å². The van der Waals surface area contributed by atoms with E-state index in [9.17, 15) is 20.0 Å². The van der Waals surface area contributed by atoms with Crippen molar-refractivity contribution in [2.45, 2.75) is 6.92 Å². The number of methoxy groups -OCH3 is 3. The van der Waals surface area contributed by atoms with Crippen molar-refractivity contribution in [3.63, 3.8) is 0 Å². The lowest BCUT2D eigenvalue weighted by atomic mass is 10.0. The number of ether oxygens (including phenoxy) is 3. The molecule has 1 heterocycles. The number of benzene rings is 2. The van der Waals surface area contributed by atoms with Gasteiger partial charge in [-0.2, -0.15) is 0 Å². The number of nitro groups is 1. The summed E-state index contributed by atoms with van der Waals surface area (Å²) in [5.41, 5.74) is 1.31. The van der Waals surface area contributed by atoms with Crippen LogP contribution in [0.2, 0.25) is 0 Å². The molecule has 0 aliphatic rings. The standard InChI is InChI=1S/C20H18N2O7/c1-10-5-6-11(7-15(10)22(25)26)13-8-12(20(23)24)17-14(21-13)9-16(27-2)18(28-3)19(17)29-4/h5-9H,1-4H3,(H,23,24). The fraction of sp³-hybridized carbons (Fsp3) is 0.200. The van der Waals surface area contributed by atoms with Crippen LogP contribution in [0, 0.1) is 17.0 Å². The average molecular weight is 398 g/mol. The van der Waals surface area contributed by atoms with Crippen LogP contribution in [-0.2, 0) is 0 Å². The van der Waals surface area contributed by atoms with E-state index in [0.29, 0.717) is 16.9 Å². The topological polar surface area (TPSA) is 121 Å². The van der Waals surface area contributed by atoms with Gasteiger partial charge in [-0.1, -0.05) is 12.1 Å². The summed E-state index contributed by atoms with van der Waals surface area (Å²) in [6.45, 7) is 1.63. The lowest BCUT2D eigenvalue weighted by Crippen LogP contribution is -2.04. The molecule has 0 aliphatic heterocycles. The van der Waals surface area contributed by atoms with Gasteiger partial charge in [-0.3, -0.25) is 10.1 Å². The van der Waals surface area contributed by atoms with Crippen LogP contribution in [0.1, 0.15) is 15.9 Å². The SMILES string of the molecule is COc1cc2nc(-c3ccc(C)c([N+](=O)[O-])c3)cc(C(=O)O)c2c(OC)c1OC. The fourth-order valence-electron chi connectivity index (χ4n) is 3.14. The van der Waals surface area contributed by atoms with Gasteiger partial charge in [0.2, 0.25) is 5.75 Å². The normalized spacial score (nSPS) is 10.6. The van der Waals surface area contributed by atoms with Crippen molar-refractivity contribution in [2.75, 3.05) is 21.3 Å². The number of nitrogens with zero attached hydrogens (tertiary/aromatic N) is 2. The molecule has 0 atom stereocenters. The molecule has 0 aliphatic carbocycles. The van der Waals surface area contributed by atoms with Crippen LogP contribution in [0.3, 0.4) is 0 Å². The first-order valence-corrected chi connectivity index (χ1v) is 8.44. The van der Waals surface area contributed by atoms with E-state index in [4.69, 9.17) is 14.2 Å². The smallest absolute Gasteiger partial charge is 0.336 e. The Kier molecular flexibility index (Phi) is 5.22. The maximum absolute atomic E-state index is 12.0.